The van der Waals surface area contributed by atoms with Crippen LogP contribution in [0.1, 0.15) is 80.1 Å². The largest absolute Gasteiger partial charge is 0.0961 e. The maximum atomic E-state index is 4.13. The van der Waals surface area contributed by atoms with Crippen molar-refractivity contribution in [2.45, 2.75) is 80.1 Å². The van der Waals surface area contributed by atoms with Crippen LogP contribution in [0, 0.1) is 0 Å². The van der Waals surface area contributed by atoms with Crippen molar-refractivity contribution in [2.24, 2.45) is 0 Å². The van der Waals surface area contributed by atoms with Crippen molar-refractivity contribution in [3.8, 4) is 0 Å². The highest BCUT2D eigenvalue weighted by atomic mass is 14.2. The molecule has 0 aromatic rings. The molecular formula is C20H36. The maximum Gasteiger partial charge on any atom is -0.00703 e. The van der Waals surface area contributed by atoms with Gasteiger partial charge in [-0.2, -0.15) is 0 Å². The summed E-state index contributed by atoms with van der Waals surface area (Å²) in [7, 11) is 0. The van der Waals surface area contributed by atoms with E-state index in [4.69, 9.17) is 0 Å². The van der Waals surface area contributed by atoms with E-state index in [0.29, 0.717) is 0 Å². The van der Waals surface area contributed by atoms with E-state index in [2.05, 4.69) is 32.2 Å². The van der Waals surface area contributed by atoms with Crippen LogP contribution in [0.25, 0.3) is 0 Å². The quantitative estimate of drug-likeness (QED) is 0.362. The van der Waals surface area contributed by atoms with E-state index in [1.165, 1.54) is 37.7 Å². The topological polar surface area (TPSA) is 0 Å². The minimum atomic E-state index is 1.06. The van der Waals surface area contributed by atoms with Gasteiger partial charge in [0.1, 0.15) is 0 Å². The van der Waals surface area contributed by atoms with Gasteiger partial charge in [0.25, 0.3) is 0 Å². The number of hydrogen-bond donors (Lipinski definition) is 0. The van der Waals surface area contributed by atoms with Gasteiger partial charge in [-0.1, -0.05) is 82.2 Å². The lowest BCUT2D eigenvalue weighted by Crippen LogP contribution is -2.00. The Hall–Kier alpha value is -1.04. The molecule has 116 valence electrons. The maximum absolute atomic E-state index is 4.13. The number of allylic oxidation sites excluding steroid dienone is 6. The standard InChI is InChI=1S/C16H24.2C2H6/c1-5-15-8-6-7-9-16(15)12-14(4)11-10-13(2)3;2*1-2/h10-11H,2,4-9,12H2,1,3H3;2*1-2H3/b11-10-;;. The van der Waals surface area contributed by atoms with Crippen molar-refractivity contribution in [1.29, 1.82) is 0 Å². The third-order valence-electron chi connectivity index (χ3n) is 3.18. The third-order valence-corrected chi connectivity index (χ3v) is 3.18. The van der Waals surface area contributed by atoms with E-state index >= 15 is 0 Å². The molecule has 1 aliphatic rings. The predicted octanol–water partition coefficient (Wildman–Crippen LogP) is 7.40. The van der Waals surface area contributed by atoms with Gasteiger partial charge in [-0.25, -0.2) is 0 Å². The lowest BCUT2D eigenvalue weighted by molar-refractivity contribution is 0.644. The number of hydrogen-bond acceptors (Lipinski definition) is 0. The Labute approximate surface area is 128 Å². The fourth-order valence-electron chi connectivity index (χ4n) is 2.26. The molecule has 0 aromatic carbocycles. The minimum absolute atomic E-state index is 1.06. The van der Waals surface area contributed by atoms with Gasteiger partial charge in [-0.05, 0) is 45.4 Å². The zero-order chi connectivity index (χ0) is 16.0. The van der Waals surface area contributed by atoms with Crippen LogP contribution in [0.2, 0.25) is 0 Å². The van der Waals surface area contributed by atoms with Gasteiger partial charge in [0, 0.05) is 0 Å². The molecule has 0 fully saturated rings. The first-order valence-electron chi connectivity index (χ1n) is 8.34. The molecule has 0 aliphatic heterocycles. The number of rotatable bonds is 5. The second-order valence-corrected chi connectivity index (χ2v) is 4.78. The Morgan fingerprint density at radius 3 is 1.90 bits per heavy atom. The predicted molar refractivity (Wildman–Crippen MR) is 96.2 cm³/mol. The molecule has 1 aliphatic carbocycles. The van der Waals surface area contributed by atoms with Gasteiger partial charge in [0.05, 0.1) is 0 Å². The first-order chi connectivity index (χ1) is 9.63. The van der Waals surface area contributed by atoms with E-state index in [1.54, 1.807) is 11.1 Å². The highest BCUT2D eigenvalue weighted by molar-refractivity contribution is 5.30. The van der Waals surface area contributed by atoms with Gasteiger partial charge in [0.15, 0.2) is 0 Å². The third kappa shape index (κ3) is 9.83. The normalized spacial score (nSPS) is 14.1. The Kier molecular flexibility index (Phi) is 15.3. The monoisotopic (exact) mass is 276 g/mol. The first-order valence-corrected chi connectivity index (χ1v) is 8.34. The van der Waals surface area contributed by atoms with Crippen molar-refractivity contribution in [3.63, 3.8) is 0 Å². The van der Waals surface area contributed by atoms with E-state index in [0.717, 1.165) is 12.0 Å². The fourth-order valence-corrected chi connectivity index (χ4v) is 2.26. The molecule has 0 spiro atoms. The molecule has 0 atom stereocenters. The fraction of sp³-hybridized carbons (Fsp3) is 0.600. The second-order valence-electron chi connectivity index (χ2n) is 4.78. The Bertz CT molecular complexity index is 326. The Balaban J connectivity index is 0. The van der Waals surface area contributed by atoms with Crippen LogP contribution in [0.3, 0.4) is 0 Å². The van der Waals surface area contributed by atoms with Crippen molar-refractivity contribution in [2.75, 3.05) is 0 Å². The molecule has 0 amide bonds. The van der Waals surface area contributed by atoms with E-state index < -0.39 is 0 Å². The van der Waals surface area contributed by atoms with Crippen LogP contribution in [0.4, 0.5) is 0 Å². The summed E-state index contributed by atoms with van der Waals surface area (Å²) in [5.41, 5.74) is 5.63. The minimum Gasteiger partial charge on any atom is -0.0961 e. The molecule has 0 nitrogen and oxygen atoms in total. The van der Waals surface area contributed by atoms with Crippen molar-refractivity contribution in [1.82, 2.24) is 0 Å². The van der Waals surface area contributed by atoms with Crippen LogP contribution in [0.5, 0.6) is 0 Å². The van der Waals surface area contributed by atoms with E-state index in [-0.39, 0.29) is 0 Å². The summed E-state index contributed by atoms with van der Waals surface area (Å²) in [6.45, 7) is 20.3. The molecule has 0 radical (unpaired) electrons. The summed E-state index contributed by atoms with van der Waals surface area (Å²) in [6, 6.07) is 0. The lowest BCUT2D eigenvalue weighted by atomic mass is 9.87. The molecule has 0 N–H and O–H groups in total. The van der Waals surface area contributed by atoms with Gasteiger partial charge < -0.3 is 0 Å². The van der Waals surface area contributed by atoms with Crippen LogP contribution in [0.15, 0.2) is 47.6 Å². The van der Waals surface area contributed by atoms with Crippen molar-refractivity contribution < 1.29 is 0 Å². The van der Waals surface area contributed by atoms with Gasteiger partial charge >= 0.3 is 0 Å². The summed E-state index contributed by atoms with van der Waals surface area (Å²) in [6.07, 6.45) is 11.8. The second kappa shape index (κ2) is 14.4. The van der Waals surface area contributed by atoms with Gasteiger partial charge in [-0.15, -0.1) is 0 Å². The van der Waals surface area contributed by atoms with Crippen LogP contribution in [-0.4, -0.2) is 0 Å². The molecule has 0 saturated carbocycles. The highest BCUT2D eigenvalue weighted by Gasteiger charge is 2.11. The Morgan fingerprint density at radius 1 is 0.950 bits per heavy atom. The van der Waals surface area contributed by atoms with Crippen LogP contribution < -0.4 is 0 Å². The van der Waals surface area contributed by atoms with Gasteiger partial charge in [0.2, 0.25) is 0 Å². The zero-order valence-electron chi connectivity index (χ0n) is 14.8. The zero-order valence-corrected chi connectivity index (χ0v) is 14.8. The van der Waals surface area contributed by atoms with Gasteiger partial charge in [-0.3, -0.25) is 0 Å². The van der Waals surface area contributed by atoms with E-state index in [1.807, 2.05) is 34.6 Å². The first kappa shape index (κ1) is 21.3. The average molecular weight is 277 g/mol. The molecule has 0 unspecified atom stereocenters. The molecule has 0 aromatic heterocycles. The Morgan fingerprint density at radius 2 is 1.45 bits per heavy atom. The van der Waals surface area contributed by atoms with Crippen LogP contribution >= 0.6 is 0 Å². The summed E-state index contributed by atoms with van der Waals surface area (Å²) in [5, 5.41) is 0. The summed E-state index contributed by atoms with van der Waals surface area (Å²) >= 11 is 0. The van der Waals surface area contributed by atoms with Crippen molar-refractivity contribution >= 4 is 0 Å². The van der Waals surface area contributed by atoms with Crippen LogP contribution in [-0.2, 0) is 0 Å². The summed E-state index contributed by atoms with van der Waals surface area (Å²) < 4.78 is 0. The molecule has 1 rings (SSSR count). The molecule has 0 bridgehead atoms. The highest BCUT2D eigenvalue weighted by Crippen LogP contribution is 2.30. The SMILES string of the molecule is C=C(C)/C=C\C(=C)CC1=C(CC)CCCC1.CC.CC. The smallest absolute Gasteiger partial charge is 0.00703 e. The molecule has 0 heterocycles. The molecule has 0 saturated heterocycles. The molecular weight excluding hydrogens is 240 g/mol. The van der Waals surface area contributed by atoms with Crippen molar-refractivity contribution in [3.05, 3.63) is 47.6 Å². The van der Waals surface area contributed by atoms with E-state index in [9.17, 15) is 0 Å². The summed E-state index contributed by atoms with van der Waals surface area (Å²) in [4.78, 5) is 0. The molecule has 20 heavy (non-hydrogen) atoms. The summed E-state index contributed by atoms with van der Waals surface area (Å²) in [5.74, 6) is 0. The molecule has 0 heteroatoms. The lowest BCUT2D eigenvalue weighted by Gasteiger charge is -2.19. The average Bonchev–Trinajstić information content (AvgIpc) is 2.50.